The summed E-state index contributed by atoms with van der Waals surface area (Å²) in [6.45, 7) is 2.93. The highest BCUT2D eigenvalue weighted by atomic mass is 15.1. The van der Waals surface area contributed by atoms with Crippen molar-refractivity contribution in [3.05, 3.63) is 83.4 Å². The number of nitrogens with one attached hydrogen (secondary N) is 1. The predicted molar refractivity (Wildman–Crippen MR) is 97.4 cm³/mol. The van der Waals surface area contributed by atoms with Gasteiger partial charge >= 0.3 is 0 Å². The van der Waals surface area contributed by atoms with Crippen LogP contribution < -0.4 is 5.32 Å². The maximum Gasteiger partial charge on any atom is 0.110 e. The van der Waals surface area contributed by atoms with Crippen LogP contribution in [0.3, 0.4) is 0 Å². The van der Waals surface area contributed by atoms with Gasteiger partial charge in [-0.25, -0.2) is 4.98 Å². The number of imidazole rings is 1. The minimum Gasteiger partial charge on any atom is -0.310 e. The van der Waals surface area contributed by atoms with Gasteiger partial charge in [-0.1, -0.05) is 42.5 Å². The van der Waals surface area contributed by atoms with E-state index in [1.807, 2.05) is 19.3 Å². The summed E-state index contributed by atoms with van der Waals surface area (Å²) in [5.74, 6) is 1.02. The average Bonchev–Trinajstić information content (AvgIpc) is 3.06. The molecule has 0 spiro atoms. The van der Waals surface area contributed by atoms with Crippen molar-refractivity contribution in [2.24, 2.45) is 0 Å². The summed E-state index contributed by atoms with van der Waals surface area (Å²) < 4.78 is 2.16. The normalized spacial score (nSPS) is 16.8. The van der Waals surface area contributed by atoms with E-state index >= 15 is 0 Å². The number of hydrogen-bond acceptors (Lipinski definition) is 2. The summed E-state index contributed by atoms with van der Waals surface area (Å²) in [5, 5.41) is 3.77. The number of hydrogen-bond donors (Lipinski definition) is 1. The zero-order valence-corrected chi connectivity index (χ0v) is 14.1. The Morgan fingerprint density at radius 2 is 1.88 bits per heavy atom. The molecule has 122 valence electrons. The van der Waals surface area contributed by atoms with Gasteiger partial charge in [-0.05, 0) is 48.9 Å². The van der Waals surface area contributed by atoms with Crippen molar-refractivity contribution in [3.63, 3.8) is 0 Å². The fraction of sp³-hybridized carbons (Fsp3) is 0.286. The van der Waals surface area contributed by atoms with Gasteiger partial charge < -0.3 is 9.88 Å². The van der Waals surface area contributed by atoms with Gasteiger partial charge in [-0.2, -0.15) is 0 Å². The van der Waals surface area contributed by atoms with E-state index in [4.69, 9.17) is 0 Å². The van der Waals surface area contributed by atoms with Gasteiger partial charge in [0, 0.05) is 25.0 Å². The molecule has 0 radical (unpaired) electrons. The van der Waals surface area contributed by atoms with E-state index < -0.39 is 0 Å². The molecule has 3 aromatic rings. The molecule has 0 amide bonds. The Kier molecular flexibility index (Phi) is 4.18. The molecule has 0 saturated carbocycles. The number of aromatic nitrogens is 2. The van der Waals surface area contributed by atoms with Gasteiger partial charge in [0.25, 0.3) is 0 Å². The molecule has 1 atom stereocenters. The van der Waals surface area contributed by atoms with E-state index in [1.165, 1.54) is 35.2 Å². The van der Waals surface area contributed by atoms with E-state index in [9.17, 15) is 0 Å². The highest BCUT2D eigenvalue weighted by Gasteiger charge is 2.18. The van der Waals surface area contributed by atoms with Crippen molar-refractivity contribution in [2.75, 3.05) is 0 Å². The Morgan fingerprint density at radius 1 is 1.08 bits per heavy atom. The number of nitrogens with zero attached hydrogens (tertiary/aromatic N) is 2. The van der Waals surface area contributed by atoms with Crippen molar-refractivity contribution in [1.29, 1.82) is 0 Å². The first-order valence-electron chi connectivity index (χ1n) is 8.69. The summed E-state index contributed by atoms with van der Waals surface area (Å²) in [4.78, 5) is 4.35. The lowest BCUT2D eigenvalue weighted by atomic mass is 9.88. The summed E-state index contributed by atoms with van der Waals surface area (Å²) in [6, 6.07) is 18.0. The molecule has 4 rings (SSSR count). The molecule has 2 aromatic carbocycles. The molecule has 0 fully saturated rings. The van der Waals surface area contributed by atoms with Crippen LogP contribution in [-0.4, -0.2) is 15.6 Å². The van der Waals surface area contributed by atoms with E-state index in [2.05, 4.69) is 63.4 Å². The molecule has 1 aliphatic rings. The molecule has 1 heterocycles. The standard InChI is InChI=1S/C21H23N3/c1-16-22-12-13-24(16)21-9-5-4-8-19(21)15-23-20-11-10-17-6-2-3-7-18(17)14-20/h2-9,12-13,20,23H,10-11,14-15H2,1H3/t20-/m1/s1. The second-order valence-corrected chi connectivity index (χ2v) is 6.56. The third-order valence-corrected chi connectivity index (χ3v) is 5.00. The molecule has 0 unspecified atom stereocenters. The van der Waals surface area contributed by atoms with Crippen LogP contribution in [0.4, 0.5) is 0 Å². The highest BCUT2D eigenvalue weighted by molar-refractivity contribution is 5.42. The van der Waals surface area contributed by atoms with Gasteiger partial charge in [-0.15, -0.1) is 0 Å². The third kappa shape index (κ3) is 3.00. The maximum atomic E-state index is 4.35. The van der Waals surface area contributed by atoms with Crippen LogP contribution >= 0.6 is 0 Å². The zero-order chi connectivity index (χ0) is 16.4. The number of fused-ring (bicyclic) bond motifs is 1. The lowest BCUT2D eigenvalue weighted by Crippen LogP contribution is -2.34. The number of benzene rings is 2. The first kappa shape index (κ1) is 15.2. The lowest BCUT2D eigenvalue weighted by Gasteiger charge is -2.26. The highest BCUT2D eigenvalue weighted by Crippen LogP contribution is 2.22. The van der Waals surface area contributed by atoms with Crippen LogP contribution in [0.2, 0.25) is 0 Å². The van der Waals surface area contributed by atoms with Crippen molar-refractivity contribution in [2.45, 2.75) is 38.8 Å². The first-order chi connectivity index (χ1) is 11.8. The molecule has 1 aliphatic carbocycles. The van der Waals surface area contributed by atoms with Crippen LogP contribution in [0.1, 0.15) is 28.9 Å². The van der Waals surface area contributed by atoms with Crippen LogP contribution in [0, 0.1) is 6.92 Å². The molecule has 1 N–H and O–H groups in total. The van der Waals surface area contributed by atoms with Crippen molar-refractivity contribution in [3.8, 4) is 5.69 Å². The maximum absolute atomic E-state index is 4.35. The summed E-state index contributed by atoms with van der Waals surface area (Å²) >= 11 is 0. The second kappa shape index (κ2) is 6.62. The van der Waals surface area contributed by atoms with E-state index in [1.54, 1.807) is 0 Å². The fourth-order valence-corrected chi connectivity index (χ4v) is 3.65. The molecule has 0 saturated heterocycles. The second-order valence-electron chi connectivity index (χ2n) is 6.56. The number of aryl methyl sites for hydroxylation is 2. The molecule has 0 aliphatic heterocycles. The Bertz CT molecular complexity index is 834. The average molecular weight is 317 g/mol. The van der Waals surface area contributed by atoms with Gasteiger partial charge in [0.05, 0.1) is 5.69 Å². The summed E-state index contributed by atoms with van der Waals surface area (Å²) in [6.07, 6.45) is 7.41. The van der Waals surface area contributed by atoms with Crippen molar-refractivity contribution < 1.29 is 0 Å². The Hall–Kier alpha value is -2.39. The van der Waals surface area contributed by atoms with E-state index in [-0.39, 0.29) is 0 Å². The number of rotatable bonds is 4. The fourth-order valence-electron chi connectivity index (χ4n) is 3.65. The van der Waals surface area contributed by atoms with Crippen molar-refractivity contribution in [1.82, 2.24) is 14.9 Å². The van der Waals surface area contributed by atoms with Crippen LogP contribution in [0.15, 0.2) is 60.9 Å². The minimum absolute atomic E-state index is 0.553. The van der Waals surface area contributed by atoms with Crippen molar-refractivity contribution >= 4 is 0 Å². The lowest BCUT2D eigenvalue weighted by molar-refractivity contribution is 0.457. The molecule has 24 heavy (non-hydrogen) atoms. The van der Waals surface area contributed by atoms with Crippen LogP contribution in [-0.2, 0) is 19.4 Å². The summed E-state index contributed by atoms with van der Waals surface area (Å²) in [5.41, 5.74) is 5.55. The van der Waals surface area contributed by atoms with Gasteiger partial charge in [0.2, 0.25) is 0 Å². The molecule has 3 nitrogen and oxygen atoms in total. The topological polar surface area (TPSA) is 29.9 Å². The van der Waals surface area contributed by atoms with Crippen LogP contribution in [0.25, 0.3) is 5.69 Å². The Balaban J connectivity index is 1.49. The quantitative estimate of drug-likeness (QED) is 0.792. The summed E-state index contributed by atoms with van der Waals surface area (Å²) in [7, 11) is 0. The SMILES string of the molecule is Cc1nccn1-c1ccccc1CN[C@@H]1CCc2ccccc2C1. The van der Waals surface area contributed by atoms with E-state index in [0.717, 1.165) is 18.8 Å². The minimum atomic E-state index is 0.553. The third-order valence-electron chi connectivity index (χ3n) is 5.00. The van der Waals surface area contributed by atoms with Gasteiger partial charge in [0.15, 0.2) is 0 Å². The smallest absolute Gasteiger partial charge is 0.110 e. The van der Waals surface area contributed by atoms with Gasteiger partial charge in [0.1, 0.15) is 5.82 Å². The zero-order valence-electron chi connectivity index (χ0n) is 14.1. The Morgan fingerprint density at radius 3 is 2.71 bits per heavy atom. The van der Waals surface area contributed by atoms with E-state index in [0.29, 0.717) is 6.04 Å². The molecular formula is C21H23N3. The predicted octanol–water partition coefficient (Wildman–Crippen LogP) is 3.83. The largest absolute Gasteiger partial charge is 0.310 e. The molecule has 1 aromatic heterocycles. The monoisotopic (exact) mass is 317 g/mol. The first-order valence-corrected chi connectivity index (χ1v) is 8.69. The molecule has 3 heteroatoms. The van der Waals surface area contributed by atoms with Crippen LogP contribution in [0.5, 0.6) is 0 Å². The Labute approximate surface area is 143 Å². The molecule has 0 bridgehead atoms. The van der Waals surface area contributed by atoms with Gasteiger partial charge in [-0.3, -0.25) is 0 Å². The molecular weight excluding hydrogens is 294 g/mol. The number of para-hydroxylation sites is 1.